The molecule has 0 radical (unpaired) electrons. The van der Waals surface area contributed by atoms with Crippen LogP contribution in [-0.2, 0) is 20.4 Å². The van der Waals surface area contributed by atoms with Crippen LogP contribution in [0.5, 0.6) is 0 Å². The summed E-state index contributed by atoms with van der Waals surface area (Å²) in [6, 6.07) is -0.0180. The van der Waals surface area contributed by atoms with E-state index in [1.165, 1.54) is 0 Å². The number of aryl methyl sites for hydroxylation is 2. The molecule has 0 aromatic carbocycles. The summed E-state index contributed by atoms with van der Waals surface area (Å²) in [5.74, 6) is -0.0646. The van der Waals surface area contributed by atoms with E-state index in [4.69, 9.17) is 4.52 Å². The van der Waals surface area contributed by atoms with Crippen molar-refractivity contribution < 1.29 is 17.7 Å². The molecule has 1 atom stereocenters. The number of carbonyl (C=O) groups is 1. The molecule has 0 spiro atoms. The number of aromatic nitrogens is 1. The fraction of sp³-hybridized carbons (Fsp3) is 0.750. The summed E-state index contributed by atoms with van der Waals surface area (Å²) in [7, 11) is -3.54. The molecule has 0 aliphatic heterocycles. The van der Waals surface area contributed by atoms with E-state index in [0.717, 1.165) is 19.3 Å². The Morgan fingerprint density at radius 3 is 2.39 bits per heavy atom. The highest BCUT2D eigenvalue weighted by atomic mass is 32.2. The van der Waals surface area contributed by atoms with E-state index in [0.29, 0.717) is 22.9 Å². The van der Waals surface area contributed by atoms with Gasteiger partial charge in [0.2, 0.25) is 5.91 Å². The first-order valence-corrected chi connectivity index (χ1v) is 9.84. The number of hydrogen-bond donors (Lipinski definition) is 1. The highest BCUT2D eigenvalue weighted by molar-refractivity contribution is 7.91. The van der Waals surface area contributed by atoms with Gasteiger partial charge >= 0.3 is 0 Å². The van der Waals surface area contributed by atoms with Gasteiger partial charge in [0.15, 0.2) is 9.84 Å². The minimum absolute atomic E-state index is 0.0180. The Balaban J connectivity index is 2.49. The molecule has 7 heteroatoms. The molecule has 0 fully saturated rings. The number of rotatable bonds is 9. The second-order valence-electron chi connectivity index (χ2n) is 6.63. The molecule has 1 amide bonds. The maximum absolute atomic E-state index is 12.2. The lowest BCUT2D eigenvalue weighted by atomic mass is 10.0. The van der Waals surface area contributed by atoms with Gasteiger partial charge in [0, 0.05) is 11.6 Å². The maximum atomic E-state index is 12.2. The van der Waals surface area contributed by atoms with Crippen molar-refractivity contribution in [2.24, 2.45) is 5.92 Å². The fourth-order valence-electron chi connectivity index (χ4n) is 2.40. The van der Waals surface area contributed by atoms with Crippen LogP contribution >= 0.6 is 0 Å². The van der Waals surface area contributed by atoms with E-state index >= 15 is 0 Å². The van der Waals surface area contributed by atoms with Crippen LogP contribution in [0, 0.1) is 19.8 Å². The van der Waals surface area contributed by atoms with Crippen LogP contribution in [0.1, 0.15) is 57.1 Å². The Labute approximate surface area is 138 Å². The number of hydrogen-bond acceptors (Lipinski definition) is 5. The van der Waals surface area contributed by atoms with Gasteiger partial charge in [-0.3, -0.25) is 4.79 Å². The quantitative estimate of drug-likeness (QED) is 0.743. The fourth-order valence-corrected chi connectivity index (χ4v) is 3.84. The zero-order chi connectivity index (χ0) is 17.6. The van der Waals surface area contributed by atoms with Crippen LogP contribution in [-0.4, -0.2) is 31.3 Å². The van der Waals surface area contributed by atoms with E-state index in [2.05, 4.69) is 24.3 Å². The molecule has 0 unspecified atom stereocenters. The third-order valence-electron chi connectivity index (χ3n) is 3.72. The predicted molar refractivity (Wildman–Crippen MR) is 89.8 cm³/mol. The zero-order valence-electron chi connectivity index (χ0n) is 14.7. The lowest BCUT2D eigenvalue weighted by molar-refractivity contribution is -0.119. The van der Waals surface area contributed by atoms with Crippen LogP contribution in [0.15, 0.2) is 4.52 Å². The number of sulfone groups is 1. The molecule has 6 nitrogen and oxygen atoms in total. The summed E-state index contributed by atoms with van der Waals surface area (Å²) in [5, 5.41) is 6.50. The third kappa shape index (κ3) is 7.16. The number of amides is 1. The third-order valence-corrected chi connectivity index (χ3v) is 5.15. The monoisotopic (exact) mass is 344 g/mol. The smallest absolute Gasteiger partial charge is 0.235 e. The summed E-state index contributed by atoms with van der Waals surface area (Å²) in [4.78, 5) is 11.9. The molecular formula is C16H28N2O4S. The van der Waals surface area contributed by atoms with Crippen molar-refractivity contribution in [1.82, 2.24) is 10.5 Å². The molecule has 132 valence electrons. The van der Waals surface area contributed by atoms with Crippen molar-refractivity contribution in [2.75, 3.05) is 5.75 Å². The summed E-state index contributed by atoms with van der Waals surface area (Å²) >= 11 is 0. The van der Waals surface area contributed by atoms with Gasteiger partial charge in [0.25, 0.3) is 0 Å². The van der Waals surface area contributed by atoms with Crippen LogP contribution in [0.2, 0.25) is 0 Å². The normalized spacial score (nSPS) is 13.3. The first-order chi connectivity index (χ1) is 10.6. The van der Waals surface area contributed by atoms with Crippen LogP contribution in [0.3, 0.4) is 0 Å². The summed E-state index contributed by atoms with van der Waals surface area (Å²) in [6.07, 6.45) is 2.98. The van der Waals surface area contributed by atoms with Crippen LogP contribution in [0.4, 0.5) is 0 Å². The van der Waals surface area contributed by atoms with E-state index < -0.39 is 21.5 Å². The van der Waals surface area contributed by atoms with Crippen molar-refractivity contribution in [3.63, 3.8) is 0 Å². The first kappa shape index (κ1) is 19.7. The summed E-state index contributed by atoms with van der Waals surface area (Å²) in [5.41, 5.74) is 1.09. The number of carbonyl (C=O) groups excluding carboxylic acids is 1. The second-order valence-corrected chi connectivity index (χ2v) is 8.69. The van der Waals surface area contributed by atoms with Gasteiger partial charge in [-0.1, -0.05) is 31.8 Å². The molecule has 23 heavy (non-hydrogen) atoms. The van der Waals surface area contributed by atoms with Crippen molar-refractivity contribution in [3.8, 4) is 0 Å². The van der Waals surface area contributed by atoms with Crippen molar-refractivity contribution >= 4 is 15.7 Å². The molecule has 0 saturated carbocycles. The molecule has 0 aliphatic rings. The molecule has 1 aromatic heterocycles. The van der Waals surface area contributed by atoms with Gasteiger partial charge in [-0.05, 0) is 33.1 Å². The lowest BCUT2D eigenvalue weighted by Gasteiger charge is -2.14. The molecule has 1 N–H and O–H groups in total. The Morgan fingerprint density at radius 1 is 1.22 bits per heavy atom. The zero-order valence-corrected chi connectivity index (χ0v) is 15.5. The van der Waals surface area contributed by atoms with E-state index in [1.807, 2.05) is 6.92 Å². The van der Waals surface area contributed by atoms with Crippen molar-refractivity contribution in [3.05, 3.63) is 17.0 Å². The Morgan fingerprint density at radius 2 is 1.87 bits per heavy atom. The first-order valence-electron chi connectivity index (χ1n) is 8.02. The van der Waals surface area contributed by atoms with Gasteiger partial charge in [-0.25, -0.2) is 8.42 Å². The van der Waals surface area contributed by atoms with Crippen LogP contribution < -0.4 is 5.32 Å². The molecule has 1 rings (SSSR count). The average Bonchev–Trinajstić information content (AvgIpc) is 2.68. The highest BCUT2D eigenvalue weighted by Gasteiger charge is 2.22. The minimum Gasteiger partial charge on any atom is -0.361 e. The summed E-state index contributed by atoms with van der Waals surface area (Å²) in [6.45, 7) is 9.58. The second kappa shape index (κ2) is 8.47. The van der Waals surface area contributed by atoms with E-state index in [1.54, 1.807) is 13.8 Å². The van der Waals surface area contributed by atoms with Gasteiger partial charge in [-0.15, -0.1) is 0 Å². The maximum Gasteiger partial charge on any atom is 0.235 e. The van der Waals surface area contributed by atoms with Crippen molar-refractivity contribution in [2.45, 2.75) is 65.7 Å². The van der Waals surface area contributed by atoms with Gasteiger partial charge in [0.1, 0.15) is 11.5 Å². The Bertz CT molecular complexity index is 601. The number of nitrogens with zero attached hydrogens (tertiary/aromatic N) is 1. The largest absolute Gasteiger partial charge is 0.361 e. The topological polar surface area (TPSA) is 89.3 Å². The lowest BCUT2D eigenvalue weighted by Crippen LogP contribution is -2.37. The van der Waals surface area contributed by atoms with E-state index in [9.17, 15) is 13.2 Å². The van der Waals surface area contributed by atoms with Crippen molar-refractivity contribution in [1.29, 1.82) is 0 Å². The summed E-state index contributed by atoms with van der Waals surface area (Å²) < 4.78 is 29.3. The van der Waals surface area contributed by atoms with E-state index in [-0.39, 0.29) is 11.8 Å². The Hall–Kier alpha value is -1.37. The standard InChI is InChI=1S/C16H28N2O4S/c1-11(2)7-6-8-12(3)17-16(19)10-23(20,21)9-15-13(4)18-22-14(15)5/h11-12H,6-10H2,1-5H3,(H,17,19)/t12-/m1/s1. The SMILES string of the molecule is Cc1noc(C)c1CS(=O)(=O)CC(=O)N[C@H](C)CCCC(C)C. The predicted octanol–water partition coefficient (Wildman–Crippen LogP) is 2.54. The molecule has 0 aliphatic carbocycles. The molecule has 1 aromatic rings. The van der Waals surface area contributed by atoms with Crippen LogP contribution in [0.25, 0.3) is 0 Å². The minimum atomic E-state index is -3.54. The number of nitrogens with one attached hydrogen (secondary N) is 1. The Kier molecular flexibility index (Phi) is 7.25. The van der Waals surface area contributed by atoms with Gasteiger partial charge in [0.05, 0.1) is 11.4 Å². The molecule has 0 bridgehead atoms. The molecule has 1 heterocycles. The highest BCUT2D eigenvalue weighted by Crippen LogP contribution is 2.16. The average molecular weight is 344 g/mol. The molecule has 0 saturated heterocycles. The van der Waals surface area contributed by atoms with Gasteiger partial charge < -0.3 is 9.84 Å². The van der Waals surface area contributed by atoms with Gasteiger partial charge in [-0.2, -0.15) is 0 Å². The molecular weight excluding hydrogens is 316 g/mol.